The van der Waals surface area contributed by atoms with Crippen LogP contribution in [-0.2, 0) is 15.8 Å². The van der Waals surface area contributed by atoms with Gasteiger partial charge in [-0.25, -0.2) is 4.68 Å². The largest absolute Gasteiger partial charge is 0.481 e. The molecule has 0 bridgehead atoms. The number of hydrogen-bond acceptors (Lipinski definition) is 4. The van der Waals surface area contributed by atoms with Gasteiger partial charge in [-0.2, -0.15) is 18.3 Å². The van der Waals surface area contributed by atoms with E-state index in [1.54, 1.807) is 30.3 Å². The lowest BCUT2D eigenvalue weighted by molar-refractivity contribution is -0.144. The summed E-state index contributed by atoms with van der Waals surface area (Å²) in [7, 11) is 0. The third-order valence-electron chi connectivity index (χ3n) is 5.67. The molecule has 32 heavy (non-hydrogen) atoms. The van der Waals surface area contributed by atoms with Crippen LogP contribution in [0.5, 0.6) is 0 Å². The molecule has 0 aliphatic heterocycles. The van der Waals surface area contributed by atoms with E-state index in [9.17, 15) is 27.6 Å². The van der Waals surface area contributed by atoms with Crippen molar-refractivity contribution in [3.8, 4) is 5.69 Å². The monoisotopic (exact) mass is 451 g/mol. The van der Waals surface area contributed by atoms with Crippen LogP contribution >= 0.6 is 0 Å². The number of nitrogens with one attached hydrogen (secondary N) is 1. The van der Waals surface area contributed by atoms with Crippen molar-refractivity contribution in [3.05, 3.63) is 47.8 Å². The highest BCUT2D eigenvalue weighted by atomic mass is 19.4. The molecule has 2 N–H and O–H groups in total. The van der Waals surface area contributed by atoms with Crippen molar-refractivity contribution in [2.75, 3.05) is 6.54 Å². The molecule has 1 aromatic heterocycles. The highest BCUT2D eigenvalue weighted by molar-refractivity contribution is 5.95. The standard InChI is InChI=1S/C22H24F3N3O4/c23-22(24,25)19-17(13-28(27-19)16-5-2-1-3-6-16)20(30)26-12-4-7-18(29)14-8-10-15(11-9-14)21(31)32/h1-3,5-6,13-15H,4,7-12H2,(H,26,30)(H,31,32). The number of hydrogen-bond donors (Lipinski definition) is 2. The topological polar surface area (TPSA) is 101 Å². The van der Waals surface area contributed by atoms with Crippen molar-refractivity contribution in [2.45, 2.75) is 44.7 Å². The molecule has 0 radical (unpaired) electrons. The number of nitrogens with zero attached hydrogens (tertiary/aromatic N) is 2. The second-order valence-corrected chi connectivity index (χ2v) is 7.88. The average molecular weight is 451 g/mol. The molecule has 0 spiro atoms. The SMILES string of the molecule is O=C(NCCCC(=O)C1CCC(C(=O)O)CC1)c1cn(-c2ccccc2)nc1C(F)(F)F. The Balaban J connectivity index is 1.54. The number of aliphatic carboxylic acids is 1. The lowest BCUT2D eigenvalue weighted by Gasteiger charge is -2.25. The molecule has 1 aliphatic rings. The molecule has 1 fully saturated rings. The van der Waals surface area contributed by atoms with Gasteiger partial charge in [0.25, 0.3) is 5.91 Å². The molecule has 3 rings (SSSR count). The number of para-hydroxylation sites is 1. The maximum absolute atomic E-state index is 13.4. The first-order valence-corrected chi connectivity index (χ1v) is 10.4. The molecule has 1 amide bonds. The Morgan fingerprint density at radius 2 is 1.69 bits per heavy atom. The number of carbonyl (C=O) groups excluding carboxylic acids is 2. The Bertz CT molecular complexity index is 965. The molecular weight excluding hydrogens is 427 g/mol. The van der Waals surface area contributed by atoms with Crippen LogP contribution in [0.2, 0.25) is 0 Å². The summed E-state index contributed by atoms with van der Waals surface area (Å²) >= 11 is 0. The minimum atomic E-state index is -4.79. The van der Waals surface area contributed by atoms with Gasteiger partial charge >= 0.3 is 12.1 Å². The molecule has 1 heterocycles. The van der Waals surface area contributed by atoms with Gasteiger partial charge in [0.1, 0.15) is 5.78 Å². The summed E-state index contributed by atoms with van der Waals surface area (Å²) in [5.74, 6) is -2.35. The first-order chi connectivity index (χ1) is 15.2. The lowest BCUT2D eigenvalue weighted by Crippen LogP contribution is -2.28. The van der Waals surface area contributed by atoms with Crippen LogP contribution < -0.4 is 5.32 Å². The minimum absolute atomic E-state index is 0.00374. The number of amides is 1. The summed E-state index contributed by atoms with van der Waals surface area (Å²) in [5.41, 5.74) is -1.47. The number of carboxylic acids is 1. The Labute approximate surface area is 182 Å². The molecule has 10 heteroatoms. The van der Waals surface area contributed by atoms with Crippen LogP contribution in [-0.4, -0.2) is 39.1 Å². The van der Waals surface area contributed by atoms with Crippen LogP contribution in [0.15, 0.2) is 36.5 Å². The summed E-state index contributed by atoms with van der Waals surface area (Å²) < 4.78 is 41.1. The van der Waals surface area contributed by atoms with E-state index in [1.165, 1.54) is 0 Å². The van der Waals surface area contributed by atoms with Gasteiger partial charge < -0.3 is 10.4 Å². The number of carbonyl (C=O) groups is 3. The van der Waals surface area contributed by atoms with Gasteiger partial charge in [0.05, 0.1) is 17.2 Å². The smallest absolute Gasteiger partial charge is 0.435 e. The summed E-state index contributed by atoms with van der Waals surface area (Å²) in [6.45, 7) is 0.0445. The number of benzene rings is 1. The first-order valence-electron chi connectivity index (χ1n) is 10.4. The van der Waals surface area contributed by atoms with Crippen LogP contribution in [0, 0.1) is 11.8 Å². The number of rotatable bonds is 8. The number of aromatic nitrogens is 2. The summed E-state index contributed by atoms with van der Waals surface area (Å²) in [6, 6.07) is 8.16. The zero-order chi connectivity index (χ0) is 23.3. The third-order valence-corrected chi connectivity index (χ3v) is 5.67. The summed E-state index contributed by atoms with van der Waals surface area (Å²) in [4.78, 5) is 35.7. The number of halogens is 3. The Morgan fingerprint density at radius 1 is 1.06 bits per heavy atom. The molecule has 1 aliphatic carbocycles. The van der Waals surface area contributed by atoms with E-state index in [1.807, 2.05) is 0 Å². The van der Waals surface area contributed by atoms with Crippen LogP contribution in [0.1, 0.15) is 54.6 Å². The molecule has 2 aromatic rings. The van der Waals surface area contributed by atoms with Gasteiger partial charge in [-0.05, 0) is 44.2 Å². The first kappa shape index (κ1) is 23.5. The van der Waals surface area contributed by atoms with E-state index < -0.39 is 35.2 Å². The molecule has 172 valence electrons. The normalized spacial score (nSPS) is 18.8. The summed E-state index contributed by atoms with van der Waals surface area (Å²) in [6.07, 6.45) is -1.31. The van der Waals surface area contributed by atoms with E-state index in [0.717, 1.165) is 10.9 Å². The average Bonchev–Trinajstić information content (AvgIpc) is 3.23. The zero-order valence-electron chi connectivity index (χ0n) is 17.3. The van der Waals surface area contributed by atoms with Crippen molar-refractivity contribution >= 4 is 17.7 Å². The lowest BCUT2D eigenvalue weighted by atomic mass is 9.79. The molecule has 0 saturated heterocycles. The fraction of sp³-hybridized carbons (Fsp3) is 0.455. The van der Waals surface area contributed by atoms with Crippen molar-refractivity contribution in [1.29, 1.82) is 0 Å². The number of ketones is 1. The molecule has 0 atom stereocenters. The van der Waals surface area contributed by atoms with Gasteiger partial charge in [0.15, 0.2) is 5.69 Å². The predicted molar refractivity (Wildman–Crippen MR) is 108 cm³/mol. The van der Waals surface area contributed by atoms with Crippen LogP contribution in [0.4, 0.5) is 13.2 Å². The number of Topliss-reactive ketones (excluding diaryl/α,β-unsaturated/α-hetero) is 1. The quantitative estimate of drug-likeness (QED) is 0.594. The van der Waals surface area contributed by atoms with E-state index in [-0.39, 0.29) is 31.1 Å². The summed E-state index contributed by atoms with van der Waals surface area (Å²) in [5, 5.41) is 15.0. The molecular formula is C22H24F3N3O4. The second-order valence-electron chi connectivity index (χ2n) is 7.88. The van der Waals surface area contributed by atoms with Crippen molar-refractivity contribution in [1.82, 2.24) is 15.1 Å². The Morgan fingerprint density at radius 3 is 2.28 bits per heavy atom. The highest BCUT2D eigenvalue weighted by Crippen LogP contribution is 2.32. The number of carboxylic acid groups (broad SMARTS) is 1. The van der Waals surface area contributed by atoms with E-state index >= 15 is 0 Å². The highest BCUT2D eigenvalue weighted by Gasteiger charge is 2.39. The van der Waals surface area contributed by atoms with Crippen LogP contribution in [0.3, 0.4) is 0 Å². The van der Waals surface area contributed by atoms with E-state index in [4.69, 9.17) is 5.11 Å². The number of alkyl halides is 3. The molecule has 7 nitrogen and oxygen atoms in total. The van der Waals surface area contributed by atoms with Gasteiger partial charge in [-0.15, -0.1) is 0 Å². The van der Waals surface area contributed by atoms with Crippen molar-refractivity contribution in [2.24, 2.45) is 11.8 Å². The van der Waals surface area contributed by atoms with Crippen molar-refractivity contribution < 1.29 is 32.7 Å². The minimum Gasteiger partial charge on any atom is -0.481 e. The van der Waals surface area contributed by atoms with Crippen molar-refractivity contribution in [3.63, 3.8) is 0 Å². The van der Waals surface area contributed by atoms with Gasteiger partial charge in [0, 0.05) is 25.1 Å². The fourth-order valence-electron chi connectivity index (χ4n) is 3.89. The second kappa shape index (κ2) is 9.97. The van der Waals surface area contributed by atoms with Crippen LogP contribution in [0.25, 0.3) is 5.69 Å². The molecule has 1 aromatic carbocycles. The van der Waals surface area contributed by atoms with Gasteiger partial charge in [0.2, 0.25) is 0 Å². The Kier molecular flexibility index (Phi) is 7.32. The maximum Gasteiger partial charge on any atom is 0.435 e. The Hall–Kier alpha value is -3.17. The van der Waals surface area contributed by atoms with Gasteiger partial charge in [-0.1, -0.05) is 18.2 Å². The predicted octanol–water partition coefficient (Wildman–Crippen LogP) is 3.86. The molecule has 0 unspecified atom stereocenters. The van der Waals surface area contributed by atoms with Gasteiger partial charge in [-0.3, -0.25) is 14.4 Å². The zero-order valence-corrected chi connectivity index (χ0v) is 17.3. The molecule has 1 saturated carbocycles. The fourth-order valence-corrected chi connectivity index (χ4v) is 3.89. The third kappa shape index (κ3) is 5.74. The van der Waals surface area contributed by atoms with E-state index in [0.29, 0.717) is 31.4 Å². The maximum atomic E-state index is 13.4. The van der Waals surface area contributed by atoms with E-state index in [2.05, 4.69) is 10.4 Å².